The van der Waals surface area contributed by atoms with Gasteiger partial charge in [-0.15, -0.1) is 11.3 Å². The first-order valence-electron chi connectivity index (χ1n) is 4.87. The Morgan fingerprint density at radius 1 is 1.35 bits per heavy atom. The standard InChI is InChI=1S/C12H9BrINOS/c1-7-2-9(13)5-10(3-7)15-12(16)8-4-11(14)17-6-8/h2-6H,1H3,(H,15,16). The highest BCUT2D eigenvalue weighted by atomic mass is 127. The minimum atomic E-state index is -0.0679. The molecule has 88 valence electrons. The van der Waals surface area contributed by atoms with Crippen molar-refractivity contribution in [2.45, 2.75) is 6.92 Å². The lowest BCUT2D eigenvalue weighted by Crippen LogP contribution is -2.10. The van der Waals surface area contributed by atoms with Crippen LogP contribution in [0.1, 0.15) is 15.9 Å². The number of amides is 1. The molecule has 17 heavy (non-hydrogen) atoms. The first-order valence-corrected chi connectivity index (χ1v) is 7.62. The third-order valence-corrected chi connectivity index (χ3v) is 4.38. The van der Waals surface area contributed by atoms with Crippen LogP contribution in [0.3, 0.4) is 0 Å². The second-order valence-electron chi connectivity index (χ2n) is 3.61. The van der Waals surface area contributed by atoms with E-state index < -0.39 is 0 Å². The zero-order chi connectivity index (χ0) is 12.4. The highest BCUT2D eigenvalue weighted by Crippen LogP contribution is 2.21. The molecule has 2 nitrogen and oxygen atoms in total. The number of anilines is 1. The highest BCUT2D eigenvalue weighted by molar-refractivity contribution is 14.1. The Kier molecular flexibility index (Phi) is 4.22. The van der Waals surface area contributed by atoms with Crippen molar-refractivity contribution in [1.29, 1.82) is 0 Å². The zero-order valence-corrected chi connectivity index (χ0v) is 13.5. The van der Waals surface area contributed by atoms with E-state index in [4.69, 9.17) is 0 Å². The van der Waals surface area contributed by atoms with Gasteiger partial charge in [-0.05, 0) is 59.3 Å². The summed E-state index contributed by atoms with van der Waals surface area (Å²) in [7, 11) is 0. The van der Waals surface area contributed by atoms with E-state index in [-0.39, 0.29) is 5.91 Å². The van der Waals surface area contributed by atoms with Crippen LogP contribution in [-0.4, -0.2) is 5.91 Å². The molecular formula is C12H9BrINOS. The fourth-order valence-corrected chi connectivity index (χ4v) is 3.38. The van der Waals surface area contributed by atoms with E-state index in [1.165, 1.54) is 0 Å². The minimum absolute atomic E-state index is 0.0679. The zero-order valence-electron chi connectivity index (χ0n) is 8.96. The van der Waals surface area contributed by atoms with E-state index in [0.29, 0.717) is 5.56 Å². The van der Waals surface area contributed by atoms with Crippen LogP contribution in [0.15, 0.2) is 34.1 Å². The molecule has 0 aliphatic heterocycles. The number of benzene rings is 1. The van der Waals surface area contributed by atoms with Gasteiger partial charge in [0.1, 0.15) is 0 Å². The molecular weight excluding hydrogens is 413 g/mol. The van der Waals surface area contributed by atoms with Gasteiger partial charge in [0.25, 0.3) is 5.91 Å². The maximum Gasteiger partial charge on any atom is 0.256 e. The van der Waals surface area contributed by atoms with Gasteiger partial charge in [-0.1, -0.05) is 15.9 Å². The molecule has 1 heterocycles. The van der Waals surface area contributed by atoms with Crippen molar-refractivity contribution in [3.63, 3.8) is 0 Å². The molecule has 0 unspecified atom stereocenters. The maximum absolute atomic E-state index is 11.9. The van der Waals surface area contributed by atoms with Crippen LogP contribution in [0.4, 0.5) is 5.69 Å². The van der Waals surface area contributed by atoms with Crippen LogP contribution < -0.4 is 5.32 Å². The Balaban J connectivity index is 2.18. The predicted molar refractivity (Wildman–Crippen MR) is 83.9 cm³/mol. The molecule has 0 aliphatic rings. The van der Waals surface area contributed by atoms with Gasteiger partial charge in [0, 0.05) is 15.5 Å². The third kappa shape index (κ3) is 3.53. The van der Waals surface area contributed by atoms with Crippen molar-refractivity contribution in [2.24, 2.45) is 0 Å². The summed E-state index contributed by atoms with van der Waals surface area (Å²) in [6, 6.07) is 7.72. The lowest BCUT2D eigenvalue weighted by atomic mass is 10.2. The van der Waals surface area contributed by atoms with E-state index in [2.05, 4.69) is 43.8 Å². The normalized spacial score (nSPS) is 10.3. The number of hydrogen-bond acceptors (Lipinski definition) is 2. The van der Waals surface area contributed by atoms with Gasteiger partial charge in [0.05, 0.1) is 8.45 Å². The Morgan fingerprint density at radius 3 is 2.71 bits per heavy atom. The average Bonchev–Trinajstić information content (AvgIpc) is 2.63. The number of nitrogens with one attached hydrogen (secondary N) is 1. The van der Waals surface area contributed by atoms with Crippen LogP contribution in [0, 0.1) is 9.81 Å². The number of carbonyl (C=O) groups is 1. The van der Waals surface area contributed by atoms with Crippen molar-refractivity contribution in [1.82, 2.24) is 0 Å². The van der Waals surface area contributed by atoms with Gasteiger partial charge in [-0.2, -0.15) is 0 Å². The molecule has 0 radical (unpaired) electrons. The number of thiophene rings is 1. The molecule has 0 saturated carbocycles. The number of carbonyl (C=O) groups excluding carboxylic acids is 1. The highest BCUT2D eigenvalue weighted by Gasteiger charge is 2.08. The fourth-order valence-electron chi connectivity index (χ4n) is 1.44. The van der Waals surface area contributed by atoms with Gasteiger partial charge in [-0.3, -0.25) is 4.79 Å². The first-order chi connectivity index (χ1) is 8.04. The van der Waals surface area contributed by atoms with Crippen molar-refractivity contribution >= 4 is 61.5 Å². The lowest BCUT2D eigenvalue weighted by Gasteiger charge is -2.05. The van der Waals surface area contributed by atoms with Crippen molar-refractivity contribution < 1.29 is 4.79 Å². The van der Waals surface area contributed by atoms with Gasteiger partial charge < -0.3 is 5.32 Å². The fraction of sp³-hybridized carbons (Fsp3) is 0.0833. The molecule has 1 aromatic carbocycles. The number of aryl methyl sites for hydroxylation is 1. The van der Waals surface area contributed by atoms with Crippen LogP contribution in [-0.2, 0) is 0 Å². The molecule has 1 aromatic heterocycles. The van der Waals surface area contributed by atoms with E-state index in [0.717, 1.165) is 18.6 Å². The molecule has 0 saturated heterocycles. The van der Waals surface area contributed by atoms with Gasteiger partial charge in [0.2, 0.25) is 0 Å². The van der Waals surface area contributed by atoms with Crippen LogP contribution in [0.25, 0.3) is 0 Å². The summed E-state index contributed by atoms with van der Waals surface area (Å²) >= 11 is 7.19. The van der Waals surface area contributed by atoms with Crippen molar-refractivity contribution in [3.8, 4) is 0 Å². The number of rotatable bonds is 2. The summed E-state index contributed by atoms with van der Waals surface area (Å²) in [4.78, 5) is 11.9. The van der Waals surface area contributed by atoms with Crippen LogP contribution in [0.5, 0.6) is 0 Å². The lowest BCUT2D eigenvalue weighted by molar-refractivity contribution is 0.102. The first kappa shape index (κ1) is 13.0. The van der Waals surface area contributed by atoms with Gasteiger partial charge in [0.15, 0.2) is 0 Å². The molecule has 5 heteroatoms. The molecule has 2 rings (SSSR count). The van der Waals surface area contributed by atoms with Gasteiger partial charge in [-0.25, -0.2) is 0 Å². The Hall–Kier alpha value is -0.400. The summed E-state index contributed by atoms with van der Waals surface area (Å²) in [5.74, 6) is -0.0679. The summed E-state index contributed by atoms with van der Waals surface area (Å²) in [6.45, 7) is 1.99. The maximum atomic E-state index is 11.9. The summed E-state index contributed by atoms with van der Waals surface area (Å²) < 4.78 is 2.07. The molecule has 0 bridgehead atoms. The van der Waals surface area contributed by atoms with E-state index in [1.807, 2.05) is 36.6 Å². The minimum Gasteiger partial charge on any atom is -0.322 e. The molecule has 0 spiro atoms. The summed E-state index contributed by atoms with van der Waals surface area (Å²) in [5, 5.41) is 4.75. The molecule has 0 fully saturated rings. The molecule has 0 atom stereocenters. The largest absolute Gasteiger partial charge is 0.322 e. The SMILES string of the molecule is Cc1cc(Br)cc(NC(=O)c2csc(I)c2)c1. The molecule has 1 amide bonds. The molecule has 2 aromatic rings. The van der Waals surface area contributed by atoms with Gasteiger partial charge >= 0.3 is 0 Å². The van der Waals surface area contributed by atoms with E-state index >= 15 is 0 Å². The van der Waals surface area contributed by atoms with Crippen molar-refractivity contribution in [2.75, 3.05) is 5.32 Å². The smallest absolute Gasteiger partial charge is 0.256 e. The van der Waals surface area contributed by atoms with E-state index in [9.17, 15) is 4.79 Å². The van der Waals surface area contributed by atoms with E-state index in [1.54, 1.807) is 11.3 Å². The average molecular weight is 422 g/mol. The second-order valence-corrected chi connectivity index (χ2v) is 7.33. The predicted octanol–water partition coefficient (Wildman–Crippen LogP) is 4.68. The molecule has 0 aliphatic carbocycles. The number of halogens is 2. The van der Waals surface area contributed by atoms with Crippen LogP contribution in [0.2, 0.25) is 0 Å². The van der Waals surface area contributed by atoms with Crippen LogP contribution >= 0.6 is 49.9 Å². The third-order valence-electron chi connectivity index (χ3n) is 2.13. The summed E-state index contributed by atoms with van der Waals surface area (Å²) in [6.07, 6.45) is 0. The van der Waals surface area contributed by atoms with Crippen molar-refractivity contribution in [3.05, 3.63) is 48.1 Å². The quantitative estimate of drug-likeness (QED) is 0.701. The Morgan fingerprint density at radius 2 is 2.12 bits per heavy atom. The Labute approximate surface area is 126 Å². The topological polar surface area (TPSA) is 29.1 Å². The second kappa shape index (κ2) is 5.49. The monoisotopic (exact) mass is 421 g/mol. The summed E-state index contributed by atoms with van der Waals surface area (Å²) in [5.41, 5.74) is 2.62. The molecule has 1 N–H and O–H groups in total. The Bertz CT molecular complexity index is 547. The number of hydrogen-bond donors (Lipinski definition) is 1.